The third-order valence-corrected chi connectivity index (χ3v) is 2.19. The molecule has 0 aromatic rings. The van der Waals surface area contributed by atoms with Crippen molar-refractivity contribution in [2.45, 2.75) is 32.9 Å². The lowest BCUT2D eigenvalue weighted by atomic mass is 10.3. The summed E-state index contributed by atoms with van der Waals surface area (Å²) in [5.74, 6) is 0.114. The van der Waals surface area contributed by atoms with Gasteiger partial charge in [-0.05, 0) is 20.8 Å². The van der Waals surface area contributed by atoms with E-state index in [1.807, 2.05) is 27.8 Å². The van der Waals surface area contributed by atoms with Crippen LogP contribution in [0.25, 0.3) is 0 Å². The van der Waals surface area contributed by atoms with Crippen LogP contribution in [0, 0.1) is 0 Å². The molecule has 4 heteroatoms. The van der Waals surface area contributed by atoms with Gasteiger partial charge in [-0.25, -0.2) is 0 Å². The SMILES string of the molecule is COCC(C)NCC(=O)N(C)C(C)C. The van der Waals surface area contributed by atoms with E-state index in [0.29, 0.717) is 13.2 Å². The maximum absolute atomic E-state index is 11.5. The molecule has 0 rings (SSSR count). The van der Waals surface area contributed by atoms with Crippen molar-refractivity contribution >= 4 is 5.91 Å². The van der Waals surface area contributed by atoms with Crippen molar-refractivity contribution in [3.8, 4) is 0 Å². The molecular formula is C10H22N2O2. The van der Waals surface area contributed by atoms with Crippen LogP contribution in [0.15, 0.2) is 0 Å². The molecule has 84 valence electrons. The highest BCUT2D eigenvalue weighted by Gasteiger charge is 2.12. The number of rotatable bonds is 6. The van der Waals surface area contributed by atoms with E-state index in [-0.39, 0.29) is 18.0 Å². The maximum Gasteiger partial charge on any atom is 0.236 e. The molecule has 0 radical (unpaired) electrons. The number of hydrogen-bond donors (Lipinski definition) is 1. The second kappa shape index (κ2) is 6.79. The van der Waals surface area contributed by atoms with Gasteiger partial charge in [-0.1, -0.05) is 0 Å². The van der Waals surface area contributed by atoms with Crippen molar-refractivity contribution in [3.63, 3.8) is 0 Å². The van der Waals surface area contributed by atoms with Crippen LogP contribution in [0.5, 0.6) is 0 Å². The fraction of sp³-hybridized carbons (Fsp3) is 0.900. The summed E-state index contributed by atoms with van der Waals surface area (Å²) < 4.78 is 4.96. The van der Waals surface area contributed by atoms with Crippen LogP contribution in [0.4, 0.5) is 0 Å². The van der Waals surface area contributed by atoms with Crippen molar-refractivity contribution in [3.05, 3.63) is 0 Å². The Kier molecular flexibility index (Phi) is 6.49. The lowest BCUT2D eigenvalue weighted by Gasteiger charge is -2.22. The molecule has 0 aliphatic carbocycles. The molecule has 4 nitrogen and oxygen atoms in total. The van der Waals surface area contributed by atoms with Gasteiger partial charge < -0.3 is 15.0 Å². The Hall–Kier alpha value is -0.610. The van der Waals surface area contributed by atoms with Crippen LogP contribution < -0.4 is 5.32 Å². The topological polar surface area (TPSA) is 41.6 Å². The van der Waals surface area contributed by atoms with E-state index in [1.165, 1.54) is 0 Å². The number of methoxy groups -OCH3 is 1. The van der Waals surface area contributed by atoms with E-state index in [0.717, 1.165) is 0 Å². The Morgan fingerprint density at radius 2 is 2.00 bits per heavy atom. The molecule has 0 aromatic carbocycles. The lowest BCUT2D eigenvalue weighted by molar-refractivity contribution is -0.130. The van der Waals surface area contributed by atoms with Gasteiger partial charge in [0.15, 0.2) is 0 Å². The first-order chi connectivity index (χ1) is 6.49. The number of nitrogens with one attached hydrogen (secondary N) is 1. The number of carbonyl (C=O) groups excluding carboxylic acids is 1. The van der Waals surface area contributed by atoms with Crippen LogP contribution in [0.3, 0.4) is 0 Å². The molecule has 1 unspecified atom stereocenters. The van der Waals surface area contributed by atoms with Gasteiger partial charge in [0.2, 0.25) is 5.91 Å². The normalized spacial score (nSPS) is 13.0. The summed E-state index contributed by atoms with van der Waals surface area (Å²) in [6.07, 6.45) is 0. The summed E-state index contributed by atoms with van der Waals surface area (Å²) in [6.45, 7) is 6.98. The number of hydrogen-bond acceptors (Lipinski definition) is 3. The summed E-state index contributed by atoms with van der Waals surface area (Å²) >= 11 is 0. The highest BCUT2D eigenvalue weighted by molar-refractivity contribution is 5.78. The Bertz CT molecular complexity index is 172. The zero-order chi connectivity index (χ0) is 11.1. The van der Waals surface area contributed by atoms with Gasteiger partial charge in [-0.15, -0.1) is 0 Å². The van der Waals surface area contributed by atoms with Crippen molar-refractivity contribution in [1.29, 1.82) is 0 Å². The minimum Gasteiger partial charge on any atom is -0.383 e. The van der Waals surface area contributed by atoms with Gasteiger partial charge in [-0.2, -0.15) is 0 Å². The van der Waals surface area contributed by atoms with Crippen molar-refractivity contribution < 1.29 is 9.53 Å². The number of nitrogens with zero attached hydrogens (tertiary/aromatic N) is 1. The molecule has 14 heavy (non-hydrogen) atoms. The predicted molar refractivity (Wildman–Crippen MR) is 57.2 cm³/mol. The van der Waals surface area contributed by atoms with Gasteiger partial charge in [0.1, 0.15) is 0 Å². The molecule has 1 amide bonds. The van der Waals surface area contributed by atoms with Gasteiger partial charge in [0, 0.05) is 26.2 Å². The smallest absolute Gasteiger partial charge is 0.236 e. The molecule has 1 atom stereocenters. The number of amides is 1. The van der Waals surface area contributed by atoms with Crippen molar-refractivity contribution in [2.75, 3.05) is 27.3 Å². The summed E-state index contributed by atoms with van der Waals surface area (Å²) in [4.78, 5) is 13.2. The number of ether oxygens (including phenoxy) is 1. The molecular weight excluding hydrogens is 180 g/mol. The second-order valence-electron chi connectivity index (χ2n) is 3.84. The van der Waals surface area contributed by atoms with E-state index in [4.69, 9.17) is 4.74 Å². The number of carbonyl (C=O) groups is 1. The van der Waals surface area contributed by atoms with Gasteiger partial charge in [0.25, 0.3) is 0 Å². The summed E-state index contributed by atoms with van der Waals surface area (Å²) in [6, 6.07) is 0.464. The zero-order valence-electron chi connectivity index (χ0n) is 9.83. The van der Waals surface area contributed by atoms with Gasteiger partial charge in [0.05, 0.1) is 13.2 Å². The average Bonchev–Trinajstić information content (AvgIpc) is 2.13. The minimum atomic E-state index is 0.114. The fourth-order valence-electron chi connectivity index (χ4n) is 0.983. The predicted octanol–water partition coefficient (Wildman–Crippen LogP) is 0.478. The molecule has 0 heterocycles. The first-order valence-corrected chi connectivity index (χ1v) is 4.97. The monoisotopic (exact) mass is 202 g/mol. The highest BCUT2D eigenvalue weighted by atomic mass is 16.5. The van der Waals surface area contributed by atoms with Crippen molar-refractivity contribution in [2.24, 2.45) is 0 Å². The zero-order valence-corrected chi connectivity index (χ0v) is 9.83. The molecule has 0 aromatic heterocycles. The Balaban J connectivity index is 3.73. The van der Waals surface area contributed by atoms with E-state index >= 15 is 0 Å². The molecule has 0 saturated carbocycles. The molecule has 1 N–H and O–H groups in total. The molecule has 0 aliphatic heterocycles. The second-order valence-corrected chi connectivity index (χ2v) is 3.84. The van der Waals surface area contributed by atoms with E-state index in [9.17, 15) is 4.79 Å². The highest BCUT2D eigenvalue weighted by Crippen LogP contribution is 1.93. The Labute approximate surface area is 86.6 Å². The van der Waals surface area contributed by atoms with Gasteiger partial charge in [-0.3, -0.25) is 4.79 Å². The molecule has 0 saturated heterocycles. The summed E-state index contributed by atoms with van der Waals surface area (Å²) in [5.41, 5.74) is 0. The Morgan fingerprint density at radius 3 is 2.43 bits per heavy atom. The van der Waals surface area contributed by atoms with E-state index in [1.54, 1.807) is 12.0 Å². The standard InChI is InChI=1S/C10H22N2O2/c1-8(2)12(4)10(13)6-11-9(3)7-14-5/h8-9,11H,6-7H2,1-5H3. The average molecular weight is 202 g/mol. The fourth-order valence-corrected chi connectivity index (χ4v) is 0.983. The first kappa shape index (κ1) is 13.4. The van der Waals surface area contributed by atoms with Crippen LogP contribution >= 0.6 is 0 Å². The number of likely N-dealkylation sites (N-methyl/N-ethyl adjacent to an activating group) is 1. The molecule has 0 aliphatic rings. The van der Waals surface area contributed by atoms with Crippen molar-refractivity contribution in [1.82, 2.24) is 10.2 Å². The van der Waals surface area contributed by atoms with Gasteiger partial charge >= 0.3 is 0 Å². The van der Waals surface area contributed by atoms with Crippen LogP contribution in [0.2, 0.25) is 0 Å². The molecule has 0 bridgehead atoms. The maximum atomic E-state index is 11.5. The third-order valence-electron chi connectivity index (χ3n) is 2.19. The summed E-state index contributed by atoms with van der Waals surface area (Å²) in [7, 11) is 3.47. The van der Waals surface area contributed by atoms with Crippen LogP contribution in [-0.2, 0) is 9.53 Å². The molecule has 0 spiro atoms. The molecule has 0 fully saturated rings. The largest absolute Gasteiger partial charge is 0.383 e. The van der Waals surface area contributed by atoms with E-state index in [2.05, 4.69) is 5.32 Å². The van der Waals surface area contributed by atoms with Crippen LogP contribution in [0.1, 0.15) is 20.8 Å². The van der Waals surface area contributed by atoms with Crippen LogP contribution in [-0.4, -0.2) is 50.2 Å². The third kappa shape index (κ3) is 5.19. The van der Waals surface area contributed by atoms with E-state index < -0.39 is 0 Å². The Morgan fingerprint density at radius 1 is 1.43 bits per heavy atom. The summed E-state index contributed by atoms with van der Waals surface area (Å²) in [5, 5.41) is 3.10. The quantitative estimate of drug-likeness (QED) is 0.681. The first-order valence-electron chi connectivity index (χ1n) is 4.97. The minimum absolute atomic E-state index is 0.114. The lowest BCUT2D eigenvalue weighted by Crippen LogP contribution is -2.42.